The highest BCUT2D eigenvalue weighted by Gasteiger charge is 2.20. The van der Waals surface area contributed by atoms with E-state index in [1.165, 1.54) is 23.3 Å². The quantitative estimate of drug-likeness (QED) is 0.0902. The van der Waals surface area contributed by atoms with Gasteiger partial charge in [-0.05, 0) is 119 Å². The van der Waals surface area contributed by atoms with Crippen LogP contribution >= 0.6 is 0 Å². The summed E-state index contributed by atoms with van der Waals surface area (Å²) >= 11 is 0. The summed E-state index contributed by atoms with van der Waals surface area (Å²) < 4.78 is 3.66. The van der Waals surface area contributed by atoms with E-state index in [-0.39, 0.29) is 5.56 Å². The van der Waals surface area contributed by atoms with Crippen LogP contribution in [0.1, 0.15) is 27.0 Å². The van der Waals surface area contributed by atoms with Crippen molar-refractivity contribution in [3.8, 4) is 11.9 Å². The number of hydrogen-bond donors (Lipinski definition) is 4. The van der Waals surface area contributed by atoms with E-state index in [1.807, 2.05) is 171 Å². The number of nitrogens with one attached hydrogen (secondary N) is 4. The first-order chi connectivity index (χ1) is 30.8. The van der Waals surface area contributed by atoms with Crippen molar-refractivity contribution in [3.05, 3.63) is 168 Å². The molecule has 0 aliphatic heterocycles. The molecule has 4 aromatic heterocycles. The Morgan fingerprint density at radius 1 is 0.422 bits per heavy atom. The Hall–Kier alpha value is -8.53. The van der Waals surface area contributed by atoms with E-state index in [9.17, 15) is 9.90 Å². The lowest BCUT2D eigenvalue weighted by molar-refractivity contribution is -0.603. The molecule has 0 saturated carbocycles. The Kier molecular flexibility index (Phi) is 13.5. The molecule has 0 fully saturated rings. The molecule has 0 aliphatic rings. The first-order valence-corrected chi connectivity index (χ1v) is 20.3. The van der Waals surface area contributed by atoms with Gasteiger partial charge >= 0.3 is 35.7 Å². The maximum Gasteiger partial charge on any atom is 0.444 e. The van der Waals surface area contributed by atoms with Gasteiger partial charge in [0.15, 0.2) is 0 Å². The number of rotatable bonds is 13. The minimum absolute atomic E-state index is 0.0927. The van der Waals surface area contributed by atoms with Gasteiger partial charge in [-0.25, -0.2) is 9.13 Å². The molecule has 0 aliphatic carbocycles. The van der Waals surface area contributed by atoms with Crippen LogP contribution < -0.4 is 45.3 Å². The highest BCUT2D eigenvalue weighted by molar-refractivity contribution is 5.86. The number of carbonyl (C=O) groups is 1. The standard InChI is InChI=1S/C24H23N7O2.C24H26N7/c1-16-4-8-18(9-5-16)25-22-27-23(26-19-10-6-17(7-11-19)21(32)33)29-24(28-22)31-14-12-20(13-15-31)30(2)3;1-17-5-9-19(10-6-17)25-22-27-23(26-20-11-7-18(2)8-12-20)29-24(28-22)31-15-13-21(14-16-31)30(3)4/h4-15H,1-3H3,(H2-,25,26,27,28,29,32,33);5-16H,1-4H3,(H2,25,26,27,28,29)/q;+1. The van der Waals surface area contributed by atoms with Gasteiger partial charge < -0.3 is 41.0 Å². The average Bonchev–Trinajstić information content (AvgIpc) is 3.29. The summed E-state index contributed by atoms with van der Waals surface area (Å²) in [7, 11) is 7.96. The second kappa shape index (κ2) is 19.9. The number of anilines is 10. The van der Waals surface area contributed by atoms with Crippen LogP contribution in [0.5, 0.6) is 0 Å². The Morgan fingerprint density at radius 3 is 0.938 bits per heavy atom. The molecule has 4 heterocycles. The van der Waals surface area contributed by atoms with Crippen molar-refractivity contribution in [1.29, 1.82) is 0 Å². The molecule has 0 saturated heterocycles. The Bertz CT molecular complexity index is 2740. The summed E-state index contributed by atoms with van der Waals surface area (Å²) in [5.41, 5.74) is 9.08. The van der Waals surface area contributed by atoms with E-state index < -0.39 is 5.97 Å². The second-order valence-corrected chi connectivity index (χ2v) is 15.2. The number of carboxylic acid groups (broad SMARTS) is 1. The summed E-state index contributed by atoms with van der Waals surface area (Å²) in [5.74, 6) is 1.30. The average molecular weight is 854 g/mol. The third-order valence-electron chi connectivity index (χ3n) is 9.67. The molecule has 322 valence electrons. The molecular weight excluding hydrogens is 805 g/mol. The van der Waals surface area contributed by atoms with E-state index >= 15 is 0 Å². The van der Waals surface area contributed by atoms with E-state index in [1.54, 1.807) is 16.7 Å². The van der Waals surface area contributed by atoms with Gasteiger partial charge in [-0.2, -0.15) is 0 Å². The maximum absolute atomic E-state index is 11.0. The molecule has 0 amide bonds. The van der Waals surface area contributed by atoms with Crippen LogP contribution in [0.2, 0.25) is 0 Å². The van der Waals surface area contributed by atoms with Gasteiger partial charge in [-0.15, -0.1) is 9.97 Å². The number of hydrogen-bond acceptors (Lipinski definition) is 14. The molecule has 16 nitrogen and oxygen atoms in total. The molecule has 0 spiro atoms. The van der Waals surface area contributed by atoms with Gasteiger partial charge in [0.25, 0.3) is 0 Å². The van der Waals surface area contributed by atoms with E-state index in [4.69, 9.17) is 0 Å². The first kappa shape index (κ1) is 43.6. The molecular formula is C48H49N14O2+. The predicted octanol–water partition coefficient (Wildman–Crippen LogP) is 6.69. The number of aryl methyl sites for hydroxylation is 3. The fourth-order valence-electron chi connectivity index (χ4n) is 6.00. The molecule has 0 radical (unpaired) electrons. The van der Waals surface area contributed by atoms with Crippen LogP contribution in [0.25, 0.3) is 11.9 Å². The zero-order chi connectivity index (χ0) is 45.2. The molecule has 4 aromatic carbocycles. The van der Waals surface area contributed by atoms with Crippen LogP contribution in [-0.2, 0) is 0 Å². The van der Waals surface area contributed by atoms with Crippen LogP contribution in [0, 0.1) is 20.8 Å². The molecule has 16 heteroatoms. The topological polar surface area (TPSA) is 180 Å². The van der Waals surface area contributed by atoms with Crippen LogP contribution in [0.4, 0.5) is 57.9 Å². The SMILES string of the molecule is Cc1ccc(Nc2nc(Nc3ccc(C(=O)[O-])cc3)nc(-[n+]3ccc(N(C)C)cc3)n2)cc1.Cc1ccc(Nc2nc(Nc3ccc(C)cc3)nc(-[n+]3ccc(N(C)C)cc3)n2)cc1. The van der Waals surface area contributed by atoms with Crippen LogP contribution in [0.3, 0.4) is 0 Å². The lowest BCUT2D eigenvalue weighted by Gasteiger charge is -2.11. The lowest BCUT2D eigenvalue weighted by atomic mass is 10.2. The minimum Gasteiger partial charge on any atom is -0.545 e. The van der Waals surface area contributed by atoms with E-state index in [0.717, 1.165) is 34.0 Å². The smallest absolute Gasteiger partial charge is 0.444 e. The summed E-state index contributed by atoms with van der Waals surface area (Å²) in [6, 6.07) is 38.2. The first-order valence-electron chi connectivity index (χ1n) is 20.3. The van der Waals surface area contributed by atoms with E-state index in [0.29, 0.717) is 41.4 Å². The van der Waals surface area contributed by atoms with Gasteiger partial charge in [0.1, 0.15) is 0 Å². The molecule has 64 heavy (non-hydrogen) atoms. The van der Waals surface area contributed by atoms with E-state index in [2.05, 4.69) is 65.0 Å². The monoisotopic (exact) mass is 853 g/mol. The van der Waals surface area contributed by atoms with Gasteiger partial charge in [0, 0.05) is 62.3 Å². The minimum atomic E-state index is -1.23. The zero-order valence-corrected chi connectivity index (χ0v) is 36.6. The van der Waals surface area contributed by atoms with Crippen molar-refractivity contribution < 1.29 is 19.0 Å². The molecule has 8 aromatic rings. The number of benzene rings is 4. The number of pyridine rings is 2. The van der Waals surface area contributed by atoms with Crippen LogP contribution in [-0.4, -0.2) is 64.1 Å². The van der Waals surface area contributed by atoms with Crippen molar-refractivity contribution in [3.63, 3.8) is 0 Å². The predicted molar refractivity (Wildman–Crippen MR) is 249 cm³/mol. The molecule has 8 rings (SSSR count). The number of aromatic nitrogens is 8. The summed E-state index contributed by atoms with van der Waals surface area (Å²) in [5, 5.41) is 23.9. The summed E-state index contributed by atoms with van der Waals surface area (Å²) in [4.78, 5) is 42.5. The number of carboxylic acids is 1. The second-order valence-electron chi connectivity index (χ2n) is 15.2. The molecule has 0 atom stereocenters. The summed E-state index contributed by atoms with van der Waals surface area (Å²) in [6.07, 6.45) is 7.63. The fourth-order valence-corrected chi connectivity index (χ4v) is 6.00. The van der Waals surface area contributed by atoms with Crippen molar-refractivity contribution in [2.75, 3.05) is 59.3 Å². The molecule has 0 unspecified atom stereocenters. The largest absolute Gasteiger partial charge is 0.545 e. The maximum atomic E-state index is 11.0. The van der Waals surface area contributed by atoms with Crippen molar-refractivity contribution in [1.82, 2.24) is 29.9 Å². The Balaban J connectivity index is 0.000000192. The number of aromatic carboxylic acids is 1. The highest BCUT2D eigenvalue weighted by atomic mass is 16.4. The fraction of sp³-hybridized carbons (Fsp3) is 0.146. The van der Waals surface area contributed by atoms with Crippen molar-refractivity contribution in [2.45, 2.75) is 20.8 Å². The van der Waals surface area contributed by atoms with Gasteiger partial charge in [0.2, 0.25) is 0 Å². The van der Waals surface area contributed by atoms with Crippen molar-refractivity contribution in [2.24, 2.45) is 0 Å². The Labute approximate surface area is 372 Å². The third-order valence-corrected chi connectivity index (χ3v) is 9.67. The highest BCUT2D eigenvalue weighted by Crippen LogP contribution is 2.21. The lowest BCUT2D eigenvalue weighted by Crippen LogP contribution is -2.33. The summed E-state index contributed by atoms with van der Waals surface area (Å²) in [6.45, 7) is 6.14. The third kappa shape index (κ3) is 11.8. The Morgan fingerprint density at radius 2 is 0.688 bits per heavy atom. The normalized spacial score (nSPS) is 10.5. The number of nitrogens with zero attached hydrogens (tertiary/aromatic N) is 10. The van der Waals surface area contributed by atoms with Gasteiger partial charge in [0.05, 0.1) is 30.8 Å². The molecule has 4 N–H and O–H groups in total. The van der Waals surface area contributed by atoms with Gasteiger partial charge in [-0.3, -0.25) is 0 Å². The van der Waals surface area contributed by atoms with Crippen molar-refractivity contribution >= 4 is 63.9 Å². The zero-order valence-electron chi connectivity index (χ0n) is 36.6. The number of carbonyl (C=O) groups excluding carboxylic acids is 1. The molecule has 0 bridgehead atoms. The van der Waals surface area contributed by atoms with Crippen LogP contribution in [0.15, 0.2) is 146 Å². The van der Waals surface area contributed by atoms with Gasteiger partial charge in [-0.1, -0.05) is 65.2 Å².